The smallest absolute Gasteiger partial charge is 0.139 e. The molecule has 2 fully saturated rings. The molecular formula is C23H31BrO2. The van der Waals surface area contributed by atoms with Crippen LogP contribution in [0.25, 0.3) is 0 Å². The monoisotopic (exact) mass is 418 g/mol. The number of aryl methyl sites for hydroxylation is 1. The van der Waals surface area contributed by atoms with Gasteiger partial charge >= 0.3 is 0 Å². The van der Waals surface area contributed by atoms with Gasteiger partial charge in [-0.25, -0.2) is 0 Å². The number of fused-ring (bicyclic) bond motifs is 5. The van der Waals surface area contributed by atoms with Crippen LogP contribution in [0, 0.1) is 17.3 Å². The Bertz CT molecular complexity index is 670. The van der Waals surface area contributed by atoms with Gasteiger partial charge in [-0.2, -0.15) is 0 Å². The molecule has 0 radical (unpaired) electrons. The molecule has 3 aliphatic carbocycles. The number of carbonyl (C=O) groups is 1. The molecular weight excluding hydrogens is 388 g/mol. The van der Waals surface area contributed by atoms with Crippen molar-refractivity contribution in [3.8, 4) is 5.75 Å². The molecule has 0 aromatic heterocycles. The molecule has 0 aliphatic heterocycles. The van der Waals surface area contributed by atoms with Gasteiger partial charge in [-0.05, 0) is 92.4 Å². The van der Waals surface area contributed by atoms with E-state index in [0.717, 1.165) is 49.8 Å². The highest BCUT2D eigenvalue weighted by molar-refractivity contribution is 9.09. The second-order valence-electron chi connectivity index (χ2n) is 8.79. The normalized spacial score (nSPS) is 32.7. The van der Waals surface area contributed by atoms with E-state index in [4.69, 9.17) is 4.74 Å². The molecule has 0 amide bonds. The van der Waals surface area contributed by atoms with Gasteiger partial charge in [0.15, 0.2) is 0 Å². The molecule has 0 spiro atoms. The number of ketones is 1. The van der Waals surface area contributed by atoms with E-state index in [1.165, 1.54) is 31.2 Å². The van der Waals surface area contributed by atoms with E-state index >= 15 is 0 Å². The van der Waals surface area contributed by atoms with Crippen molar-refractivity contribution in [1.29, 1.82) is 0 Å². The van der Waals surface area contributed by atoms with E-state index in [2.05, 4.69) is 41.1 Å². The van der Waals surface area contributed by atoms with Gasteiger partial charge in [-0.15, -0.1) is 0 Å². The number of alkyl halides is 1. The van der Waals surface area contributed by atoms with E-state index < -0.39 is 0 Å². The molecule has 142 valence electrons. The van der Waals surface area contributed by atoms with Gasteiger partial charge in [0, 0.05) is 17.2 Å². The van der Waals surface area contributed by atoms with E-state index in [-0.39, 0.29) is 5.41 Å². The Morgan fingerprint density at radius 2 is 2.04 bits per heavy atom. The molecule has 3 aliphatic rings. The zero-order valence-corrected chi connectivity index (χ0v) is 17.5. The largest absolute Gasteiger partial charge is 0.494 e. The van der Waals surface area contributed by atoms with Crippen LogP contribution in [-0.2, 0) is 11.2 Å². The second-order valence-corrected chi connectivity index (χ2v) is 9.59. The van der Waals surface area contributed by atoms with Gasteiger partial charge in [0.1, 0.15) is 11.5 Å². The van der Waals surface area contributed by atoms with Crippen LogP contribution in [0.2, 0.25) is 0 Å². The minimum Gasteiger partial charge on any atom is -0.494 e. The number of unbranched alkanes of at least 4 members (excludes halogenated alkanes) is 2. The van der Waals surface area contributed by atoms with Crippen LogP contribution in [0.3, 0.4) is 0 Å². The standard InChI is InChI=1S/C23H31BrO2/c1-23-12-11-19-18-8-6-17(26-14-4-2-3-13-24)15-16(18)5-7-20(19)21(23)9-10-22(23)25/h6,8,15,19-21H,2-5,7,9-14H2,1H3/t19-,20-,21+,23+/m1/s1. The molecule has 4 rings (SSSR count). The van der Waals surface area contributed by atoms with Crippen molar-refractivity contribution in [2.24, 2.45) is 17.3 Å². The summed E-state index contributed by atoms with van der Waals surface area (Å²) >= 11 is 3.48. The van der Waals surface area contributed by atoms with Gasteiger partial charge in [0.25, 0.3) is 0 Å². The summed E-state index contributed by atoms with van der Waals surface area (Å²) in [6, 6.07) is 6.81. The molecule has 0 bridgehead atoms. The lowest BCUT2D eigenvalue weighted by Gasteiger charge is -2.48. The molecule has 26 heavy (non-hydrogen) atoms. The topological polar surface area (TPSA) is 26.3 Å². The van der Waals surface area contributed by atoms with Gasteiger partial charge in [0.2, 0.25) is 0 Å². The van der Waals surface area contributed by atoms with Crippen molar-refractivity contribution >= 4 is 21.7 Å². The van der Waals surface area contributed by atoms with Crippen LogP contribution in [0.5, 0.6) is 5.75 Å². The number of carbonyl (C=O) groups excluding carboxylic acids is 1. The molecule has 0 saturated heterocycles. The Morgan fingerprint density at radius 1 is 1.15 bits per heavy atom. The van der Waals surface area contributed by atoms with E-state index in [0.29, 0.717) is 23.5 Å². The third-order valence-electron chi connectivity index (χ3n) is 7.45. The van der Waals surface area contributed by atoms with Gasteiger partial charge in [-0.1, -0.05) is 28.9 Å². The van der Waals surface area contributed by atoms with Crippen molar-refractivity contribution in [1.82, 2.24) is 0 Å². The first-order valence-electron chi connectivity index (χ1n) is 10.5. The average molecular weight is 419 g/mol. The fourth-order valence-electron chi connectivity index (χ4n) is 5.98. The summed E-state index contributed by atoms with van der Waals surface area (Å²) in [5.41, 5.74) is 3.03. The fourth-order valence-corrected chi connectivity index (χ4v) is 6.38. The molecule has 4 atom stereocenters. The first-order chi connectivity index (χ1) is 12.6. The minimum atomic E-state index is -0.0170. The van der Waals surface area contributed by atoms with Crippen LogP contribution in [-0.4, -0.2) is 17.7 Å². The average Bonchev–Trinajstić information content (AvgIpc) is 2.96. The lowest BCUT2D eigenvalue weighted by Crippen LogP contribution is -2.42. The van der Waals surface area contributed by atoms with E-state index in [9.17, 15) is 4.79 Å². The summed E-state index contributed by atoms with van der Waals surface area (Å²) in [6.45, 7) is 3.08. The first kappa shape index (κ1) is 18.5. The predicted octanol–water partition coefficient (Wildman–Crippen LogP) is 6.06. The summed E-state index contributed by atoms with van der Waals surface area (Å²) in [7, 11) is 0. The summed E-state index contributed by atoms with van der Waals surface area (Å²) in [6.07, 6.45) is 10.2. The minimum absolute atomic E-state index is 0.0170. The SMILES string of the molecule is C[C@]12CC[C@@H]3c4ccc(OCCCCCBr)cc4CC[C@H]3[C@@H]1CCC2=O. The number of benzene rings is 1. The van der Waals surface area contributed by atoms with Crippen LogP contribution in [0.1, 0.15) is 75.3 Å². The molecule has 1 aromatic rings. The van der Waals surface area contributed by atoms with E-state index in [1.807, 2.05) is 0 Å². The molecule has 3 heteroatoms. The van der Waals surface area contributed by atoms with Crippen molar-refractivity contribution in [2.45, 2.75) is 70.6 Å². The summed E-state index contributed by atoms with van der Waals surface area (Å²) in [4.78, 5) is 12.4. The Hall–Kier alpha value is -0.830. The highest BCUT2D eigenvalue weighted by atomic mass is 79.9. The fraction of sp³-hybridized carbons (Fsp3) is 0.696. The number of hydrogen-bond acceptors (Lipinski definition) is 2. The lowest BCUT2D eigenvalue weighted by atomic mass is 9.55. The third-order valence-corrected chi connectivity index (χ3v) is 8.01. The Balaban J connectivity index is 1.45. The maximum Gasteiger partial charge on any atom is 0.139 e. The maximum absolute atomic E-state index is 12.4. The number of halogens is 1. The Labute approximate surface area is 166 Å². The van der Waals surface area contributed by atoms with Crippen molar-refractivity contribution in [2.75, 3.05) is 11.9 Å². The summed E-state index contributed by atoms with van der Waals surface area (Å²) in [5.74, 6) is 3.57. The second kappa shape index (κ2) is 7.66. The number of hydrogen-bond donors (Lipinski definition) is 0. The zero-order chi connectivity index (χ0) is 18.1. The van der Waals surface area contributed by atoms with Crippen LogP contribution >= 0.6 is 15.9 Å². The molecule has 0 unspecified atom stereocenters. The quantitative estimate of drug-likeness (QED) is 0.414. The Morgan fingerprint density at radius 3 is 2.88 bits per heavy atom. The molecule has 0 heterocycles. The number of Topliss-reactive ketones (excluding diaryl/α,β-unsaturated/α-hetero) is 1. The maximum atomic E-state index is 12.4. The van der Waals surface area contributed by atoms with Crippen LogP contribution in [0.15, 0.2) is 18.2 Å². The summed E-state index contributed by atoms with van der Waals surface area (Å²) < 4.78 is 5.99. The van der Waals surface area contributed by atoms with Crippen molar-refractivity contribution in [3.63, 3.8) is 0 Å². The van der Waals surface area contributed by atoms with Crippen molar-refractivity contribution < 1.29 is 9.53 Å². The molecule has 0 N–H and O–H groups in total. The number of ether oxygens (including phenoxy) is 1. The first-order valence-corrected chi connectivity index (χ1v) is 11.6. The third kappa shape index (κ3) is 3.25. The van der Waals surface area contributed by atoms with Crippen molar-refractivity contribution in [3.05, 3.63) is 29.3 Å². The highest BCUT2D eigenvalue weighted by Crippen LogP contribution is 2.59. The highest BCUT2D eigenvalue weighted by Gasteiger charge is 2.54. The number of rotatable bonds is 6. The van der Waals surface area contributed by atoms with Gasteiger partial charge in [0.05, 0.1) is 6.61 Å². The Kier molecular flexibility index (Phi) is 5.46. The predicted molar refractivity (Wildman–Crippen MR) is 109 cm³/mol. The van der Waals surface area contributed by atoms with Gasteiger partial charge in [-0.3, -0.25) is 4.79 Å². The zero-order valence-electron chi connectivity index (χ0n) is 15.9. The van der Waals surface area contributed by atoms with Crippen LogP contribution in [0.4, 0.5) is 0 Å². The summed E-state index contributed by atoms with van der Waals surface area (Å²) in [5, 5.41) is 1.08. The van der Waals surface area contributed by atoms with Crippen LogP contribution < -0.4 is 4.74 Å². The molecule has 2 saturated carbocycles. The lowest BCUT2D eigenvalue weighted by molar-refractivity contribution is -0.129. The van der Waals surface area contributed by atoms with Gasteiger partial charge < -0.3 is 4.74 Å². The molecule has 1 aromatic carbocycles. The van der Waals surface area contributed by atoms with E-state index in [1.54, 1.807) is 5.56 Å². The molecule has 2 nitrogen and oxygen atoms in total.